The first kappa shape index (κ1) is 17.2. The number of carbonyl (C=O) groups is 1. The lowest BCUT2D eigenvalue weighted by atomic mass is 9.98. The second kappa shape index (κ2) is 7.17. The van der Waals surface area contributed by atoms with Crippen LogP contribution in [0.2, 0.25) is 0 Å². The molecule has 0 aromatic carbocycles. The van der Waals surface area contributed by atoms with Crippen molar-refractivity contribution < 1.29 is 9.53 Å². The van der Waals surface area contributed by atoms with Gasteiger partial charge in [-0.05, 0) is 38.3 Å². The average Bonchev–Trinajstić information content (AvgIpc) is 3.23. The predicted octanol–water partition coefficient (Wildman–Crippen LogP) is 1.88. The van der Waals surface area contributed by atoms with Crippen LogP contribution in [-0.2, 0) is 23.1 Å². The predicted molar refractivity (Wildman–Crippen MR) is 97.5 cm³/mol. The Kier molecular flexibility index (Phi) is 4.74. The van der Waals surface area contributed by atoms with E-state index in [0.29, 0.717) is 6.04 Å². The lowest BCUT2D eigenvalue weighted by Crippen LogP contribution is -2.46. The Morgan fingerprint density at radius 1 is 1.38 bits per heavy atom. The first-order chi connectivity index (χ1) is 12.6. The normalized spacial score (nSPS) is 25.8. The first-order valence-corrected chi connectivity index (χ1v) is 9.19. The van der Waals surface area contributed by atoms with Gasteiger partial charge in [0, 0.05) is 44.1 Å². The van der Waals surface area contributed by atoms with Gasteiger partial charge in [0.2, 0.25) is 0 Å². The molecule has 2 aromatic rings. The summed E-state index contributed by atoms with van der Waals surface area (Å²) in [6, 6.07) is 4.09. The van der Waals surface area contributed by atoms with Crippen molar-refractivity contribution in [1.29, 1.82) is 0 Å². The molecule has 26 heavy (non-hydrogen) atoms. The zero-order valence-electron chi connectivity index (χ0n) is 15.3. The number of aryl methyl sites for hydroxylation is 2. The summed E-state index contributed by atoms with van der Waals surface area (Å²) in [5, 5.41) is 7.21. The van der Waals surface area contributed by atoms with Gasteiger partial charge in [-0.3, -0.25) is 19.4 Å². The van der Waals surface area contributed by atoms with E-state index in [4.69, 9.17) is 4.74 Å². The number of hydrogen-bond donors (Lipinski definition) is 1. The molecule has 1 amide bonds. The highest BCUT2D eigenvalue weighted by Gasteiger charge is 2.41. The molecule has 4 rings (SSSR count). The zero-order chi connectivity index (χ0) is 18.1. The average molecular weight is 355 g/mol. The number of likely N-dealkylation sites (tertiary alicyclic amines) is 1. The van der Waals surface area contributed by atoms with Gasteiger partial charge >= 0.3 is 0 Å². The van der Waals surface area contributed by atoms with Crippen molar-refractivity contribution in [2.45, 2.75) is 51.0 Å². The molecular formula is C19H25N5O2. The Labute approximate surface area is 153 Å². The van der Waals surface area contributed by atoms with Crippen molar-refractivity contribution >= 4 is 11.6 Å². The molecule has 3 atom stereocenters. The number of hydrogen-bond acceptors (Lipinski definition) is 5. The topological polar surface area (TPSA) is 72.3 Å². The summed E-state index contributed by atoms with van der Waals surface area (Å²) in [5.41, 5.74) is 2.80. The molecule has 0 spiro atoms. The van der Waals surface area contributed by atoms with Crippen molar-refractivity contribution in [3.63, 3.8) is 0 Å². The monoisotopic (exact) mass is 355 g/mol. The summed E-state index contributed by atoms with van der Waals surface area (Å²) in [5.74, 6) is -0.0646. The Hall–Kier alpha value is -2.25. The van der Waals surface area contributed by atoms with Crippen LogP contribution >= 0.6 is 0 Å². The smallest absolute Gasteiger partial charge is 0.253 e. The van der Waals surface area contributed by atoms with E-state index in [2.05, 4.69) is 26.5 Å². The van der Waals surface area contributed by atoms with E-state index >= 15 is 0 Å². The van der Waals surface area contributed by atoms with Crippen LogP contribution in [0.15, 0.2) is 30.7 Å². The number of amides is 1. The molecule has 7 nitrogen and oxygen atoms in total. The SMILES string of the molecule is Cc1ncccc1NC(=O)[C@@H]1CC[C@@H]2[C@@H](CCN2Cc2cnn(C)c2)O1. The maximum Gasteiger partial charge on any atom is 0.253 e. The van der Waals surface area contributed by atoms with Crippen LogP contribution in [0.4, 0.5) is 5.69 Å². The van der Waals surface area contributed by atoms with Crippen LogP contribution in [0.3, 0.4) is 0 Å². The minimum atomic E-state index is -0.380. The highest BCUT2D eigenvalue weighted by Crippen LogP contribution is 2.32. The molecule has 7 heteroatoms. The largest absolute Gasteiger partial charge is 0.363 e. The Morgan fingerprint density at radius 3 is 3.04 bits per heavy atom. The van der Waals surface area contributed by atoms with Crippen LogP contribution < -0.4 is 5.32 Å². The minimum Gasteiger partial charge on any atom is -0.363 e. The van der Waals surface area contributed by atoms with E-state index in [0.717, 1.165) is 43.7 Å². The highest BCUT2D eigenvalue weighted by molar-refractivity contribution is 5.94. The number of nitrogens with zero attached hydrogens (tertiary/aromatic N) is 4. The lowest BCUT2D eigenvalue weighted by Gasteiger charge is -2.35. The lowest BCUT2D eigenvalue weighted by molar-refractivity contribution is -0.138. The first-order valence-electron chi connectivity index (χ1n) is 9.19. The summed E-state index contributed by atoms with van der Waals surface area (Å²) < 4.78 is 8.00. The fraction of sp³-hybridized carbons (Fsp3) is 0.526. The molecular weight excluding hydrogens is 330 g/mol. The number of rotatable bonds is 4. The summed E-state index contributed by atoms with van der Waals surface area (Å²) in [4.78, 5) is 19.3. The van der Waals surface area contributed by atoms with Crippen molar-refractivity contribution in [2.75, 3.05) is 11.9 Å². The molecule has 0 aliphatic carbocycles. The van der Waals surface area contributed by atoms with E-state index in [1.54, 1.807) is 6.20 Å². The van der Waals surface area contributed by atoms with Gasteiger partial charge in [0.25, 0.3) is 5.91 Å². The summed E-state index contributed by atoms with van der Waals surface area (Å²) >= 11 is 0. The number of nitrogens with one attached hydrogen (secondary N) is 1. The van der Waals surface area contributed by atoms with E-state index in [1.165, 1.54) is 5.56 Å². The van der Waals surface area contributed by atoms with Crippen molar-refractivity contribution in [2.24, 2.45) is 7.05 Å². The molecule has 0 unspecified atom stereocenters. The molecule has 0 saturated carbocycles. The third-order valence-electron chi connectivity index (χ3n) is 5.36. The van der Waals surface area contributed by atoms with E-state index < -0.39 is 0 Å². The number of aromatic nitrogens is 3. The molecule has 2 saturated heterocycles. The molecule has 2 aliphatic heterocycles. The van der Waals surface area contributed by atoms with Gasteiger partial charge < -0.3 is 10.1 Å². The molecule has 1 N–H and O–H groups in total. The van der Waals surface area contributed by atoms with Gasteiger partial charge in [0.1, 0.15) is 6.10 Å². The van der Waals surface area contributed by atoms with Gasteiger partial charge in [-0.25, -0.2) is 0 Å². The van der Waals surface area contributed by atoms with Gasteiger partial charge in [0.05, 0.1) is 23.7 Å². The molecule has 2 aliphatic rings. The van der Waals surface area contributed by atoms with Gasteiger partial charge in [-0.2, -0.15) is 5.10 Å². The van der Waals surface area contributed by atoms with Gasteiger partial charge in [0.15, 0.2) is 0 Å². The molecule has 4 heterocycles. The molecule has 0 bridgehead atoms. The second-order valence-corrected chi connectivity index (χ2v) is 7.21. The Morgan fingerprint density at radius 2 is 2.27 bits per heavy atom. The molecule has 0 radical (unpaired) electrons. The number of anilines is 1. The summed E-state index contributed by atoms with van der Waals surface area (Å²) in [6.07, 6.45) is 8.15. The summed E-state index contributed by atoms with van der Waals surface area (Å²) in [6.45, 7) is 3.78. The standard InChI is InChI=1S/C19H25N5O2/c1-13-15(4-3-8-20-13)22-19(25)18-6-5-16-17(26-18)7-9-24(16)12-14-10-21-23(2)11-14/h3-4,8,10-11,16-18H,5-7,9,12H2,1-2H3,(H,22,25)/t16-,17-,18+/m1/s1. The number of ether oxygens (including phenoxy) is 1. The van der Waals surface area contributed by atoms with Gasteiger partial charge in [-0.1, -0.05) is 0 Å². The Bertz CT molecular complexity index is 790. The fourth-order valence-electron chi connectivity index (χ4n) is 4.02. The summed E-state index contributed by atoms with van der Waals surface area (Å²) in [7, 11) is 1.94. The zero-order valence-corrected chi connectivity index (χ0v) is 15.3. The van der Waals surface area contributed by atoms with Crippen LogP contribution in [0.1, 0.15) is 30.5 Å². The van der Waals surface area contributed by atoms with Crippen molar-refractivity contribution in [3.8, 4) is 0 Å². The number of carbonyl (C=O) groups excluding carboxylic acids is 1. The maximum absolute atomic E-state index is 12.6. The third-order valence-corrected chi connectivity index (χ3v) is 5.36. The van der Waals surface area contributed by atoms with E-state index in [9.17, 15) is 4.79 Å². The minimum absolute atomic E-state index is 0.0646. The Balaban J connectivity index is 1.35. The van der Waals surface area contributed by atoms with E-state index in [-0.39, 0.29) is 18.1 Å². The third kappa shape index (κ3) is 3.50. The fourth-order valence-corrected chi connectivity index (χ4v) is 4.02. The number of pyridine rings is 1. The molecule has 2 aromatic heterocycles. The second-order valence-electron chi connectivity index (χ2n) is 7.21. The van der Waals surface area contributed by atoms with Crippen LogP contribution in [0.5, 0.6) is 0 Å². The maximum atomic E-state index is 12.6. The number of fused-ring (bicyclic) bond motifs is 1. The van der Waals surface area contributed by atoms with Crippen LogP contribution in [0.25, 0.3) is 0 Å². The van der Waals surface area contributed by atoms with Crippen LogP contribution in [-0.4, -0.2) is 50.4 Å². The highest BCUT2D eigenvalue weighted by atomic mass is 16.5. The van der Waals surface area contributed by atoms with E-state index in [1.807, 2.05) is 37.0 Å². The quantitative estimate of drug-likeness (QED) is 0.907. The van der Waals surface area contributed by atoms with Crippen molar-refractivity contribution in [3.05, 3.63) is 42.0 Å². The van der Waals surface area contributed by atoms with Crippen molar-refractivity contribution in [1.82, 2.24) is 19.7 Å². The molecule has 138 valence electrons. The van der Waals surface area contributed by atoms with Gasteiger partial charge in [-0.15, -0.1) is 0 Å². The van der Waals surface area contributed by atoms with Crippen LogP contribution in [0, 0.1) is 6.92 Å². The molecule has 2 fully saturated rings.